The second-order valence-electron chi connectivity index (χ2n) is 3.87. The van der Waals surface area contributed by atoms with E-state index in [0.717, 1.165) is 32.4 Å². The molecule has 1 aliphatic heterocycles. The first-order chi connectivity index (χ1) is 5.26. The fourth-order valence-corrected chi connectivity index (χ4v) is 2.35. The molecule has 0 radical (unpaired) electrons. The molecular weight excluding hydrogens is 140 g/mol. The summed E-state index contributed by atoms with van der Waals surface area (Å²) in [5.74, 6) is 0. The minimum atomic E-state index is -0.148. The van der Waals surface area contributed by atoms with Gasteiger partial charge in [0, 0.05) is 18.0 Å². The highest BCUT2D eigenvalue weighted by molar-refractivity contribution is 5.08. The average Bonchev–Trinajstić information content (AvgIpc) is 2.07. The van der Waals surface area contributed by atoms with E-state index in [4.69, 9.17) is 5.73 Å². The van der Waals surface area contributed by atoms with Gasteiger partial charge in [-0.3, -0.25) is 0 Å². The van der Waals surface area contributed by atoms with E-state index < -0.39 is 0 Å². The molecule has 0 amide bonds. The van der Waals surface area contributed by atoms with Crippen LogP contribution >= 0.6 is 0 Å². The van der Waals surface area contributed by atoms with Crippen molar-refractivity contribution in [2.24, 2.45) is 11.1 Å². The first-order valence-corrected chi connectivity index (χ1v) is 4.40. The number of aliphatic hydroxyl groups excluding tert-OH is 1. The number of piperidine rings is 1. The zero-order valence-electron chi connectivity index (χ0n) is 6.71. The number of nitrogens with two attached hydrogens (primary N) is 1. The molecule has 3 atom stereocenters. The van der Waals surface area contributed by atoms with E-state index in [1.807, 2.05) is 0 Å². The van der Waals surface area contributed by atoms with Crippen LogP contribution in [0.3, 0.4) is 0 Å². The summed E-state index contributed by atoms with van der Waals surface area (Å²) in [7, 11) is 0. The van der Waals surface area contributed by atoms with E-state index in [9.17, 15) is 5.11 Å². The summed E-state index contributed by atoms with van der Waals surface area (Å²) in [6.45, 7) is 2.00. The van der Waals surface area contributed by atoms with Crippen molar-refractivity contribution in [2.45, 2.75) is 31.4 Å². The molecule has 3 unspecified atom stereocenters. The Kier molecular flexibility index (Phi) is 1.67. The van der Waals surface area contributed by atoms with Gasteiger partial charge in [0.2, 0.25) is 0 Å². The van der Waals surface area contributed by atoms with Crippen LogP contribution in [0.5, 0.6) is 0 Å². The lowest BCUT2D eigenvalue weighted by atomic mass is 9.59. The van der Waals surface area contributed by atoms with Crippen LogP contribution in [0, 0.1) is 5.41 Å². The number of hydrogen-bond donors (Lipinski definition) is 3. The van der Waals surface area contributed by atoms with Gasteiger partial charge in [0.1, 0.15) is 0 Å². The van der Waals surface area contributed by atoms with E-state index in [2.05, 4.69) is 5.32 Å². The minimum absolute atomic E-state index is 0.0399. The average molecular weight is 156 g/mol. The third kappa shape index (κ3) is 0.916. The Morgan fingerprint density at radius 2 is 2.36 bits per heavy atom. The largest absolute Gasteiger partial charge is 0.392 e. The van der Waals surface area contributed by atoms with Gasteiger partial charge in [0.25, 0.3) is 0 Å². The van der Waals surface area contributed by atoms with Crippen molar-refractivity contribution in [2.75, 3.05) is 13.1 Å². The van der Waals surface area contributed by atoms with Gasteiger partial charge in [-0.2, -0.15) is 0 Å². The molecule has 11 heavy (non-hydrogen) atoms. The highest BCUT2D eigenvalue weighted by Gasteiger charge is 2.52. The number of hydrogen-bond acceptors (Lipinski definition) is 3. The van der Waals surface area contributed by atoms with Crippen LogP contribution in [0.4, 0.5) is 0 Å². The number of aliphatic hydroxyl groups is 1. The lowest BCUT2D eigenvalue weighted by Crippen LogP contribution is -2.66. The van der Waals surface area contributed by atoms with Crippen LogP contribution in [-0.4, -0.2) is 30.3 Å². The molecule has 64 valence electrons. The van der Waals surface area contributed by atoms with Crippen molar-refractivity contribution >= 4 is 0 Å². The topological polar surface area (TPSA) is 58.3 Å². The lowest BCUT2D eigenvalue weighted by molar-refractivity contribution is -0.0963. The summed E-state index contributed by atoms with van der Waals surface area (Å²) in [5.41, 5.74) is 5.92. The predicted octanol–water partition coefficient (Wildman–Crippen LogP) is -0.552. The van der Waals surface area contributed by atoms with Crippen molar-refractivity contribution in [3.63, 3.8) is 0 Å². The Labute approximate surface area is 67.0 Å². The Morgan fingerprint density at radius 1 is 1.55 bits per heavy atom. The van der Waals surface area contributed by atoms with Crippen molar-refractivity contribution in [1.29, 1.82) is 0 Å². The maximum Gasteiger partial charge on any atom is 0.0638 e. The van der Waals surface area contributed by atoms with Crippen molar-refractivity contribution in [3.05, 3.63) is 0 Å². The molecule has 1 aliphatic carbocycles. The van der Waals surface area contributed by atoms with Crippen molar-refractivity contribution in [3.8, 4) is 0 Å². The van der Waals surface area contributed by atoms with Gasteiger partial charge >= 0.3 is 0 Å². The maximum atomic E-state index is 9.57. The molecule has 3 heteroatoms. The van der Waals surface area contributed by atoms with Crippen LogP contribution < -0.4 is 11.1 Å². The van der Waals surface area contributed by atoms with Crippen molar-refractivity contribution in [1.82, 2.24) is 5.32 Å². The van der Waals surface area contributed by atoms with Crippen LogP contribution in [0.2, 0.25) is 0 Å². The van der Waals surface area contributed by atoms with Gasteiger partial charge in [-0.05, 0) is 25.8 Å². The van der Waals surface area contributed by atoms with E-state index in [0.29, 0.717) is 0 Å². The molecule has 1 saturated carbocycles. The zero-order valence-corrected chi connectivity index (χ0v) is 6.71. The molecule has 1 saturated heterocycles. The van der Waals surface area contributed by atoms with Crippen molar-refractivity contribution < 1.29 is 5.11 Å². The molecule has 0 aromatic heterocycles. The monoisotopic (exact) mass is 156 g/mol. The van der Waals surface area contributed by atoms with Crippen LogP contribution in [0.15, 0.2) is 0 Å². The van der Waals surface area contributed by atoms with E-state index in [1.54, 1.807) is 0 Å². The summed E-state index contributed by atoms with van der Waals surface area (Å²) < 4.78 is 0. The quantitative estimate of drug-likeness (QED) is 0.441. The molecule has 0 aromatic carbocycles. The SMILES string of the molecule is NC1CC(O)C12CCCNC2. The molecular formula is C8H16N2O. The van der Waals surface area contributed by atoms with Crippen LogP contribution in [0.25, 0.3) is 0 Å². The van der Waals surface area contributed by atoms with Gasteiger partial charge in [0.15, 0.2) is 0 Å². The maximum absolute atomic E-state index is 9.57. The highest BCUT2D eigenvalue weighted by atomic mass is 16.3. The van der Waals surface area contributed by atoms with Gasteiger partial charge in [-0.15, -0.1) is 0 Å². The normalized spacial score (nSPS) is 50.7. The standard InChI is InChI=1S/C8H16N2O/c9-6-4-7(11)8(6)2-1-3-10-5-8/h6-7,10-11H,1-5,9H2. The van der Waals surface area contributed by atoms with Gasteiger partial charge in [0.05, 0.1) is 6.10 Å². The third-order valence-electron chi connectivity index (χ3n) is 3.33. The van der Waals surface area contributed by atoms with Gasteiger partial charge in [-0.1, -0.05) is 0 Å². The second-order valence-corrected chi connectivity index (χ2v) is 3.87. The highest BCUT2D eigenvalue weighted by Crippen LogP contribution is 2.44. The summed E-state index contributed by atoms with van der Waals surface area (Å²) in [6, 6.07) is 0.227. The fourth-order valence-electron chi connectivity index (χ4n) is 2.35. The van der Waals surface area contributed by atoms with E-state index >= 15 is 0 Å². The third-order valence-corrected chi connectivity index (χ3v) is 3.33. The molecule has 2 aliphatic rings. The smallest absolute Gasteiger partial charge is 0.0638 e. The van der Waals surface area contributed by atoms with Crippen LogP contribution in [-0.2, 0) is 0 Å². The van der Waals surface area contributed by atoms with E-state index in [-0.39, 0.29) is 17.6 Å². The summed E-state index contributed by atoms with van der Waals surface area (Å²) in [6.07, 6.45) is 2.90. The molecule has 3 nitrogen and oxygen atoms in total. The molecule has 2 rings (SSSR count). The summed E-state index contributed by atoms with van der Waals surface area (Å²) >= 11 is 0. The Morgan fingerprint density at radius 3 is 2.73 bits per heavy atom. The molecule has 4 N–H and O–H groups in total. The number of rotatable bonds is 0. The predicted molar refractivity (Wildman–Crippen MR) is 43.1 cm³/mol. The Hall–Kier alpha value is -0.120. The summed E-state index contributed by atoms with van der Waals surface area (Å²) in [4.78, 5) is 0. The van der Waals surface area contributed by atoms with Gasteiger partial charge < -0.3 is 16.2 Å². The molecule has 2 fully saturated rings. The Balaban J connectivity index is 2.06. The second kappa shape index (κ2) is 2.44. The van der Waals surface area contributed by atoms with E-state index in [1.165, 1.54) is 0 Å². The first kappa shape index (κ1) is 7.53. The first-order valence-electron chi connectivity index (χ1n) is 4.40. The zero-order chi connectivity index (χ0) is 7.90. The van der Waals surface area contributed by atoms with Gasteiger partial charge in [-0.25, -0.2) is 0 Å². The lowest BCUT2D eigenvalue weighted by Gasteiger charge is -2.54. The fraction of sp³-hybridized carbons (Fsp3) is 1.00. The van der Waals surface area contributed by atoms with Crippen LogP contribution in [0.1, 0.15) is 19.3 Å². The summed E-state index contributed by atoms with van der Waals surface area (Å²) in [5, 5.41) is 12.9. The molecule has 1 heterocycles. The molecule has 0 aromatic rings. The number of nitrogens with one attached hydrogen (secondary N) is 1. The molecule has 0 bridgehead atoms. The molecule has 1 spiro atoms. The Bertz CT molecular complexity index is 144. The minimum Gasteiger partial charge on any atom is -0.392 e.